The van der Waals surface area contributed by atoms with Crippen LogP contribution in [0.25, 0.3) is 0 Å². The number of aryl methyl sites for hydroxylation is 1. The van der Waals surface area contributed by atoms with Crippen molar-refractivity contribution in [3.63, 3.8) is 0 Å². The van der Waals surface area contributed by atoms with Crippen LogP contribution in [0.2, 0.25) is 0 Å². The maximum absolute atomic E-state index is 13.2. The van der Waals surface area contributed by atoms with Gasteiger partial charge in [0.1, 0.15) is 5.75 Å². The quantitative estimate of drug-likeness (QED) is 0.638. The predicted molar refractivity (Wildman–Crippen MR) is 120 cm³/mol. The summed E-state index contributed by atoms with van der Waals surface area (Å²) in [7, 11) is -2.10. The number of amides is 1. The Morgan fingerprint density at radius 2 is 1.81 bits per heavy atom. The second kappa shape index (κ2) is 8.81. The third-order valence-electron chi connectivity index (χ3n) is 5.36. The number of hydrogen-bond donors (Lipinski definition) is 1. The molecule has 0 bridgehead atoms. The van der Waals surface area contributed by atoms with Crippen LogP contribution in [-0.2, 0) is 23.0 Å². The molecule has 0 spiro atoms. The molecule has 6 nitrogen and oxygen atoms in total. The average Bonchev–Trinajstić information content (AvgIpc) is 2.82. The number of ether oxygens (including phenoxy) is 1. The van der Waals surface area contributed by atoms with Gasteiger partial charge in [-0.1, -0.05) is 30.3 Å². The minimum atomic E-state index is -3.69. The SMILES string of the molecule is COc1cccc(CNC(=O)c2ccc(S(=O)(=O)N3CCCc4ccccc43)cc2)c1. The first-order valence-corrected chi connectivity index (χ1v) is 11.5. The second-order valence-electron chi connectivity index (χ2n) is 7.37. The van der Waals surface area contributed by atoms with Gasteiger partial charge in [-0.15, -0.1) is 0 Å². The fraction of sp³-hybridized carbons (Fsp3) is 0.208. The zero-order chi connectivity index (χ0) is 21.8. The maximum atomic E-state index is 13.2. The zero-order valence-corrected chi connectivity index (χ0v) is 18.1. The van der Waals surface area contributed by atoms with Crippen molar-refractivity contribution in [3.8, 4) is 5.75 Å². The first kappa shape index (κ1) is 20.9. The monoisotopic (exact) mass is 436 g/mol. The van der Waals surface area contributed by atoms with E-state index in [1.54, 1.807) is 19.2 Å². The molecule has 0 unspecified atom stereocenters. The molecule has 0 atom stereocenters. The zero-order valence-electron chi connectivity index (χ0n) is 17.2. The standard InChI is InChI=1S/C24H24N2O4S/c1-30-21-9-4-6-18(16-21)17-25-24(27)20-11-13-22(14-12-20)31(28,29)26-15-5-8-19-7-2-3-10-23(19)26/h2-4,6-7,9-14,16H,5,8,15,17H2,1H3,(H,25,27). The molecule has 3 aromatic carbocycles. The van der Waals surface area contributed by atoms with Crippen LogP contribution < -0.4 is 14.4 Å². The summed E-state index contributed by atoms with van der Waals surface area (Å²) in [6.45, 7) is 0.794. The van der Waals surface area contributed by atoms with E-state index in [1.165, 1.54) is 16.4 Å². The summed E-state index contributed by atoms with van der Waals surface area (Å²) in [5, 5.41) is 2.85. The van der Waals surface area contributed by atoms with Gasteiger partial charge in [0.05, 0.1) is 17.7 Å². The molecule has 0 aliphatic carbocycles. The van der Waals surface area contributed by atoms with Gasteiger partial charge in [0.25, 0.3) is 15.9 Å². The molecule has 7 heteroatoms. The summed E-state index contributed by atoms with van der Waals surface area (Å²) in [6, 6.07) is 21.1. The number of carbonyl (C=O) groups excluding carboxylic acids is 1. The number of anilines is 1. The molecule has 160 valence electrons. The Bertz CT molecular complexity index is 1190. The van der Waals surface area contributed by atoms with Crippen LogP contribution in [0.1, 0.15) is 27.9 Å². The summed E-state index contributed by atoms with van der Waals surface area (Å²) < 4.78 is 33.1. The summed E-state index contributed by atoms with van der Waals surface area (Å²) in [5.74, 6) is 0.454. The van der Waals surface area contributed by atoms with E-state index in [0.717, 1.165) is 35.4 Å². The normalized spacial score (nSPS) is 13.4. The van der Waals surface area contributed by atoms with Crippen LogP contribution in [0.15, 0.2) is 77.7 Å². The molecule has 1 aliphatic rings. The molecule has 0 saturated carbocycles. The van der Waals surface area contributed by atoms with Gasteiger partial charge in [-0.25, -0.2) is 8.42 Å². The lowest BCUT2D eigenvalue weighted by Gasteiger charge is -2.30. The number of methoxy groups -OCH3 is 1. The molecular formula is C24H24N2O4S. The van der Waals surface area contributed by atoms with E-state index in [9.17, 15) is 13.2 Å². The van der Waals surface area contributed by atoms with Crippen LogP contribution in [0.5, 0.6) is 5.75 Å². The Hall–Kier alpha value is -3.32. The first-order chi connectivity index (χ1) is 15.0. The van der Waals surface area contributed by atoms with Crippen molar-refractivity contribution >= 4 is 21.6 Å². The van der Waals surface area contributed by atoms with Crippen molar-refractivity contribution in [3.05, 3.63) is 89.5 Å². The van der Waals surface area contributed by atoms with E-state index in [0.29, 0.717) is 18.7 Å². The highest BCUT2D eigenvalue weighted by Crippen LogP contribution is 2.31. The number of nitrogens with one attached hydrogen (secondary N) is 1. The highest BCUT2D eigenvalue weighted by Gasteiger charge is 2.28. The number of fused-ring (bicyclic) bond motifs is 1. The fourth-order valence-electron chi connectivity index (χ4n) is 3.72. The van der Waals surface area contributed by atoms with Gasteiger partial charge in [-0.3, -0.25) is 9.10 Å². The molecule has 1 aliphatic heterocycles. The van der Waals surface area contributed by atoms with Gasteiger partial charge in [0.15, 0.2) is 0 Å². The molecular weight excluding hydrogens is 412 g/mol. The van der Waals surface area contributed by atoms with Crippen molar-refractivity contribution in [2.24, 2.45) is 0 Å². The lowest BCUT2D eigenvalue weighted by atomic mass is 10.0. The number of sulfonamides is 1. The smallest absolute Gasteiger partial charge is 0.264 e. The van der Waals surface area contributed by atoms with E-state index >= 15 is 0 Å². The van der Waals surface area contributed by atoms with Crippen molar-refractivity contribution < 1.29 is 17.9 Å². The van der Waals surface area contributed by atoms with Crippen molar-refractivity contribution in [2.45, 2.75) is 24.3 Å². The predicted octanol–water partition coefficient (Wildman–Crippen LogP) is 3.77. The minimum Gasteiger partial charge on any atom is -0.497 e. The average molecular weight is 437 g/mol. The minimum absolute atomic E-state index is 0.175. The number of benzene rings is 3. The van der Waals surface area contributed by atoms with Gasteiger partial charge in [-0.2, -0.15) is 0 Å². The van der Waals surface area contributed by atoms with E-state index in [-0.39, 0.29) is 10.8 Å². The highest BCUT2D eigenvalue weighted by molar-refractivity contribution is 7.92. The van der Waals surface area contributed by atoms with E-state index in [1.807, 2.05) is 48.5 Å². The third kappa shape index (κ3) is 4.41. The van der Waals surface area contributed by atoms with E-state index < -0.39 is 10.0 Å². The van der Waals surface area contributed by atoms with Crippen LogP contribution in [0.3, 0.4) is 0 Å². The third-order valence-corrected chi connectivity index (χ3v) is 7.19. The number of rotatable bonds is 6. The Morgan fingerprint density at radius 3 is 2.58 bits per heavy atom. The van der Waals surface area contributed by atoms with E-state index in [4.69, 9.17) is 4.74 Å². The van der Waals surface area contributed by atoms with Gasteiger partial charge in [-0.05, 0) is 66.4 Å². The van der Waals surface area contributed by atoms with Crippen molar-refractivity contribution in [2.75, 3.05) is 18.0 Å². The number of para-hydroxylation sites is 1. The Balaban J connectivity index is 1.48. The molecule has 0 radical (unpaired) electrons. The fourth-order valence-corrected chi connectivity index (χ4v) is 5.26. The second-order valence-corrected chi connectivity index (χ2v) is 9.23. The van der Waals surface area contributed by atoms with Gasteiger partial charge in [0, 0.05) is 18.7 Å². The molecule has 0 saturated heterocycles. The lowest BCUT2D eigenvalue weighted by Crippen LogP contribution is -2.35. The molecule has 0 fully saturated rings. The Morgan fingerprint density at radius 1 is 1.03 bits per heavy atom. The Kier molecular flexibility index (Phi) is 5.95. The molecule has 4 rings (SSSR count). The largest absolute Gasteiger partial charge is 0.497 e. The molecule has 3 aromatic rings. The van der Waals surface area contributed by atoms with E-state index in [2.05, 4.69) is 5.32 Å². The maximum Gasteiger partial charge on any atom is 0.264 e. The number of carbonyl (C=O) groups is 1. The number of nitrogens with zero attached hydrogens (tertiary/aromatic N) is 1. The summed E-state index contributed by atoms with van der Waals surface area (Å²) >= 11 is 0. The van der Waals surface area contributed by atoms with Crippen LogP contribution in [-0.4, -0.2) is 28.0 Å². The molecule has 0 aromatic heterocycles. The molecule has 1 heterocycles. The van der Waals surface area contributed by atoms with Crippen molar-refractivity contribution in [1.29, 1.82) is 0 Å². The van der Waals surface area contributed by atoms with Gasteiger partial charge >= 0.3 is 0 Å². The number of hydrogen-bond acceptors (Lipinski definition) is 4. The summed E-state index contributed by atoms with van der Waals surface area (Å²) in [6.07, 6.45) is 1.65. The molecule has 31 heavy (non-hydrogen) atoms. The van der Waals surface area contributed by atoms with Crippen molar-refractivity contribution in [1.82, 2.24) is 5.32 Å². The van der Waals surface area contributed by atoms with Crippen LogP contribution >= 0.6 is 0 Å². The summed E-state index contributed by atoms with van der Waals surface area (Å²) in [4.78, 5) is 12.7. The van der Waals surface area contributed by atoms with Gasteiger partial charge < -0.3 is 10.1 Å². The van der Waals surface area contributed by atoms with Crippen LogP contribution in [0.4, 0.5) is 5.69 Å². The Labute approximate surface area is 182 Å². The summed E-state index contributed by atoms with van der Waals surface area (Å²) in [5.41, 5.74) is 3.08. The topological polar surface area (TPSA) is 75.7 Å². The first-order valence-electron chi connectivity index (χ1n) is 10.1. The highest BCUT2D eigenvalue weighted by atomic mass is 32.2. The molecule has 1 N–H and O–H groups in total. The van der Waals surface area contributed by atoms with Gasteiger partial charge in [0.2, 0.25) is 0 Å². The van der Waals surface area contributed by atoms with Crippen LogP contribution in [0, 0.1) is 0 Å². The molecule has 1 amide bonds. The lowest BCUT2D eigenvalue weighted by molar-refractivity contribution is 0.0950.